The fourth-order valence-electron chi connectivity index (χ4n) is 4.50. The average molecular weight is 420 g/mol. The molecule has 2 aliphatic heterocycles. The molecule has 152 valence electrons. The smallest absolute Gasteiger partial charge is 0.194 e. The predicted octanol–water partition coefficient (Wildman–Crippen LogP) is 2.99. The van der Waals surface area contributed by atoms with Crippen LogP contribution in [0.5, 0.6) is 5.75 Å². The summed E-state index contributed by atoms with van der Waals surface area (Å²) in [5.74, 6) is 0.948. The maximum absolute atomic E-state index is 10.6. The number of H-pyrrole nitrogens is 1. The number of aromatic amines is 1. The molecule has 2 saturated heterocycles. The molecule has 2 atom stereocenters. The number of nitrogens with one attached hydrogen (secondary N) is 1. The molecule has 0 unspecified atom stereocenters. The van der Waals surface area contributed by atoms with E-state index in [0.717, 1.165) is 40.0 Å². The molecule has 9 heteroatoms. The van der Waals surface area contributed by atoms with Gasteiger partial charge < -0.3 is 14.9 Å². The van der Waals surface area contributed by atoms with E-state index in [9.17, 15) is 5.11 Å². The van der Waals surface area contributed by atoms with Gasteiger partial charge in [-0.1, -0.05) is 17.4 Å². The number of likely N-dealkylation sites (tertiary alicyclic amines) is 1. The van der Waals surface area contributed by atoms with E-state index < -0.39 is 0 Å². The maximum Gasteiger partial charge on any atom is 0.194 e. The molecular weight excluding hydrogens is 398 g/mol. The van der Waals surface area contributed by atoms with Crippen molar-refractivity contribution in [3.05, 3.63) is 36.7 Å². The average Bonchev–Trinajstić information content (AvgIpc) is 3.39. The first-order valence-corrected chi connectivity index (χ1v) is 10.9. The van der Waals surface area contributed by atoms with Crippen LogP contribution in [0, 0.1) is 5.92 Å². The lowest BCUT2D eigenvalue weighted by Crippen LogP contribution is -2.63. The molecule has 1 aromatic carbocycles. The first kappa shape index (κ1) is 17.8. The highest BCUT2D eigenvalue weighted by atomic mass is 32.1. The third-order valence-electron chi connectivity index (χ3n) is 6.25. The molecule has 0 bridgehead atoms. The van der Waals surface area contributed by atoms with Crippen LogP contribution in [0.2, 0.25) is 0 Å². The second-order valence-electron chi connectivity index (χ2n) is 8.16. The summed E-state index contributed by atoms with van der Waals surface area (Å²) in [6.45, 7) is 3.36. The van der Waals surface area contributed by atoms with Gasteiger partial charge in [0.2, 0.25) is 0 Å². The molecular formula is C21H21N7OS. The minimum Gasteiger partial charge on any atom is -0.507 e. The van der Waals surface area contributed by atoms with Crippen molar-refractivity contribution >= 4 is 26.8 Å². The fourth-order valence-corrected chi connectivity index (χ4v) is 5.50. The van der Waals surface area contributed by atoms with Crippen molar-refractivity contribution in [1.29, 1.82) is 0 Å². The highest BCUT2D eigenvalue weighted by Crippen LogP contribution is 2.40. The number of anilines is 1. The van der Waals surface area contributed by atoms with Gasteiger partial charge in [0.25, 0.3) is 0 Å². The molecule has 2 fully saturated rings. The number of nitrogens with zero attached hydrogens (tertiary/aromatic N) is 6. The summed E-state index contributed by atoms with van der Waals surface area (Å²) >= 11 is 1.65. The van der Waals surface area contributed by atoms with Crippen molar-refractivity contribution in [2.75, 3.05) is 31.6 Å². The molecule has 0 radical (unpaired) electrons. The van der Waals surface area contributed by atoms with E-state index >= 15 is 0 Å². The molecule has 0 amide bonds. The van der Waals surface area contributed by atoms with Crippen LogP contribution in [0.4, 0.5) is 5.13 Å². The molecule has 0 aliphatic carbocycles. The van der Waals surface area contributed by atoms with Gasteiger partial charge in [0, 0.05) is 36.5 Å². The highest BCUT2D eigenvalue weighted by Gasteiger charge is 2.43. The Bertz CT molecular complexity index is 1220. The van der Waals surface area contributed by atoms with Gasteiger partial charge in [-0.3, -0.25) is 5.10 Å². The summed E-state index contributed by atoms with van der Waals surface area (Å²) in [6, 6.07) is 8.07. The third-order valence-corrected chi connectivity index (χ3v) is 7.28. The van der Waals surface area contributed by atoms with Crippen LogP contribution >= 0.6 is 11.3 Å². The standard InChI is InChI=1S/C21H21N7OS/c1-27-5-4-13-10-28(17(13)11-27)21-24-20-19(30-21)7-16(25-26-20)15-3-2-12(6-18(15)29)14-8-22-23-9-14/h2-3,6-9,13,17,29H,4-5,10-11H2,1H3,(H,22,23)/t13-,17-/m0/s1. The molecule has 0 saturated carbocycles. The third kappa shape index (κ3) is 2.85. The van der Waals surface area contributed by atoms with E-state index in [1.54, 1.807) is 29.8 Å². The van der Waals surface area contributed by atoms with E-state index in [0.29, 0.717) is 22.9 Å². The molecule has 4 aromatic rings. The zero-order valence-electron chi connectivity index (χ0n) is 16.5. The van der Waals surface area contributed by atoms with Gasteiger partial charge in [-0.15, -0.1) is 10.2 Å². The Morgan fingerprint density at radius 2 is 2.10 bits per heavy atom. The summed E-state index contributed by atoms with van der Waals surface area (Å²) < 4.78 is 0.987. The SMILES string of the molecule is CN1CC[C@H]2CN(c3nc4nnc(-c5ccc(-c6cn[nH]c6)cc5O)cc4s3)[C@H]2C1. The lowest BCUT2D eigenvalue weighted by Gasteiger charge is -2.52. The summed E-state index contributed by atoms with van der Waals surface area (Å²) in [7, 11) is 2.19. The number of hydrogen-bond acceptors (Lipinski definition) is 8. The van der Waals surface area contributed by atoms with Gasteiger partial charge in [0.05, 0.1) is 16.6 Å². The minimum absolute atomic E-state index is 0.169. The van der Waals surface area contributed by atoms with Gasteiger partial charge in [-0.2, -0.15) is 10.1 Å². The molecule has 2 aliphatic rings. The Morgan fingerprint density at radius 3 is 2.93 bits per heavy atom. The normalized spacial score (nSPS) is 21.6. The van der Waals surface area contributed by atoms with Crippen molar-refractivity contribution in [2.45, 2.75) is 12.5 Å². The molecule has 3 aromatic heterocycles. The van der Waals surface area contributed by atoms with Crippen molar-refractivity contribution in [1.82, 2.24) is 30.3 Å². The van der Waals surface area contributed by atoms with Gasteiger partial charge in [-0.25, -0.2) is 0 Å². The maximum atomic E-state index is 10.6. The van der Waals surface area contributed by atoms with Gasteiger partial charge in [0.15, 0.2) is 10.8 Å². The fraction of sp³-hybridized carbons (Fsp3) is 0.333. The molecule has 30 heavy (non-hydrogen) atoms. The molecule has 2 N–H and O–H groups in total. The number of phenols is 1. The second-order valence-corrected chi connectivity index (χ2v) is 9.17. The van der Waals surface area contributed by atoms with Gasteiger partial charge >= 0.3 is 0 Å². The van der Waals surface area contributed by atoms with Crippen molar-refractivity contribution < 1.29 is 5.11 Å². The first-order valence-electron chi connectivity index (χ1n) is 10.1. The summed E-state index contributed by atoms with van der Waals surface area (Å²) in [5, 5.41) is 27.0. The van der Waals surface area contributed by atoms with Gasteiger partial charge in [-0.05, 0) is 49.7 Å². The second kappa shape index (κ2) is 6.75. The van der Waals surface area contributed by atoms with Crippen LogP contribution < -0.4 is 4.90 Å². The number of rotatable bonds is 3. The molecule has 6 rings (SSSR count). The number of thiazole rings is 1. The van der Waals surface area contributed by atoms with E-state index in [4.69, 9.17) is 4.98 Å². The number of hydrogen-bond donors (Lipinski definition) is 2. The number of piperidine rings is 1. The Balaban J connectivity index is 1.30. The molecule has 0 spiro atoms. The van der Waals surface area contributed by atoms with E-state index in [1.165, 1.54) is 13.0 Å². The Hall–Kier alpha value is -3.04. The van der Waals surface area contributed by atoms with Crippen LogP contribution in [0.15, 0.2) is 36.7 Å². The highest BCUT2D eigenvalue weighted by molar-refractivity contribution is 7.22. The lowest BCUT2D eigenvalue weighted by molar-refractivity contribution is 0.135. The number of fused-ring (bicyclic) bond motifs is 2. The number of benzene rings is 1. The number of likely N-dealkylation sites (N-methyl/N-ethyl adjacent to an activating group) is 1. The number of aromatic nitrogens is 5. The van der Waals surface area contributed by atoms with E-state index in [-0.39, 0.29) is 5.75 Å². The van der Waals surface area contributed by atoms with E-state index in [1.807, 2.05) is 18.2 Å². The lowest BCUT2D eigenvalue weighted by atomic mass is 9.83. The van der Waals surface area contributed by atoms with Gasteiger partial charge in [0.1, 0.15) is 5.75 Å². The van der Waals surface area contributed by atoms with Crippen LogP contribution in [-0.4, -0.2) is 68.1 Å². The zero-order valence-corrected chi connectivity index (χ0v) is 17.3. The van der Waals surface area contributed by atoms with Crippen LogP contribution in [-0.2, 0) is 0 Å². The number of aromatic hydroxyl groups is 1. The predicted molar refractivity (Wildman–Crippen MR) is 117 cm³/mol. The topological polar surface area (TPSA) is 94.1 Å². The molecule has 8 nitrogen and oxygen atoms in total. The van der Waals surface area contributed by atoms with E-state index in [2.05, 4.69) is 37.2 Å². The Morgan fingerprint density at radius 1 is 1.17 bits per heavy atom. The minimum atomic E-state index is 0.169. The Kier molecular flexibility index (Phi) is 4.00. The summed E-state index contributed by atoms with van der Waals surface area (Å²) in [5.41, 5.74) is 3.79. The van der Waals surface area contributed by atoms with Crippen LogP contribution in [0.3, 0.4) is 0 Å². The Labute approximate surface area is 177 Å². The summed E-state index contributed by atoms with van der Waals surface area (Å²) in [4.78, 5) is 9.54. The first-order chi connectivity index (χ1) is 14.7. The number of phenolic OH excluding ortho intramolecular Hbond substituents is 1. The van der Waals surface area contributed by atoms with Crippen LogP contribution in [0.1, 0.15) is 6.42 Å². The largest absolute Gasteiger partial charge is 0.507 e. The zero-order chi connectivity index (χ0) is 20.2. The van der Waals surface area contributed by atoms with Crippen LogP contribution in [0.25, 0.3) is 32.7 Å². The monoisotopic (exact) mass is 419 g/mol. The van der Waals surface area contributed by atoms with Crippen molar-refractivity contribution in [3.63, 3.8) is 0 Å². The summed E-state index contributed by atoms with van der Waals surface area (Å²) in [6.07, 6.45) is 4.79. The van der Waals surface area contributed by atoms with Crippen molar-refractivity contribution in [2.24, 2.45) is 5.92 Å². The van der Waals surface area contributed by atoms with Crippen molar-refractivity contribution in [3.8, 4) is 28.1 Å². The molecule has 5 heterocycles. The quantitative estimate of drug-likeness (QED) is 0.527.